The van der Waals surface area contributed by atoms with Crippen LogP contribution in [0.15, 0.2) is 15.8 Å². The van der Waals surface area contributed by atoms with Crippen molar-refractivity contribution in [2.45, 2.75) is 25.2 Å². The molecule has 0 spiro atoms. The van der Waals surface area contributed by atoms with Crippen molar-refractivity contribution in [2.24, 2.45) is 0 Å². The first-order valence-electron chi connectivity index (χ1n) is 4.92. The van der Waals surface area contributed by atoms with Crippen LogP contribution in [0.25, 0.3) is 0 Å². The monoisotopic (exact) mass is 228 g/mol. The summed E-state index contributed by atoms with van der Waals surface area (Å²) in [6, 6.07) is 0. The standard InChI is InChI=1S/C9H12N2O5/c12-4-5-1-2-7(16-5)11-3-6(13)8(14)10-9(11)15/h3,5,7,12-13H,1-2,4H2,(H,10,14,15)/t5-,7+/m0/s1. The van der Waals surface area contributed by atoms with E-state index in [0.717, 1.165) is 10.8 Å². The van der Waals surface area contributed by atoms with Gasteiger partial charge in [0, 0.05) is 0 Å². The molecular formula is C9H12N2O5. The van der Waals surface area contributed by atoms with E-state index in [4.69, 9.17) is 9.84 Å². The summed E-state index contributed by atoms with van der Waals surface area (Å²) in [5.74, 6) is -0.532. The molecule has 2 atom stereocenters. The molecule has 0 bridgehead atoms. The molecule has 0 saturated carbocycles. The second-order valence-corrected chi connectivity index (χ2v) is 3.65. The summed E-state index contributed by atoms with van der Waals surface area (Å²) in [5, 5.41) is 18.1. The van der Waals surface area contributed by atoms with Crippen LogP contribution in [0.2, 0.25) is 0 Å². The number of rotatable bonds is 2. The first kappa shape index (κ1) is 10.9. The van der Waals surface area contributed by atoms with Gasteiger partial charge in [-0.15, -0.1) is 0 Å². The molecule has 7 nitrogen and oxygen atoms in total. The van der Waals surface area contributed by atoms with Gasteiger partial charge in [0.2, 0.25) is 0 Å². The van der Waals surface area contributed by atoms with E-state index in [9.17, 15) is 14.7 Å². The van der Waals surface area contributed by atoms with Crippen LogP contribution >= 0.6 is 0 Å². The molecule has 2 heterocycles. The van der Waals surface area contributed by atoms with E-state index in [2.05, 4.69) is 0 Å². The van der Waals surface area contributed by atoms with E-state index >= 15 is 0 Å². The maximum atomic E-state index is 11.4. The maximum Gasteiger partial charge on any atom is 0.330 e. The molecule has 88 valence electrons. The number of aliphatic hydroxyl groups is 1. The minimum atomic E-state index is -0.821. The normalized spacial score (nSPS) is 24.8. The van der Waals surface area contributed by atoms with Gasteiger partial charge in [-0.2, -0.15) is 0 Å². The van der Waals surface area contributed by atoms with Gasteiger partial charge in [-0.25, -0.2) is 4.79 Å². The van der Waals surface area contributed by atoms with Crippen LogP contribution < -0.4 is 11.2 Å². The average molecular weight is 228 g/mol. The predicted molar refractivity (Wildman–Crippen MR) is 53.2 cm³/mol. The Morgan fingerprint density at radius 3 is 2.88 bits per heavy atom. The Hall–Kier alpha value is -1.60. The number of nitrogens with zero attached hydrogens (tertiary/aromatic N) is 1. The third kappa shape index (κ3) is 1.86. The first-order chi connectivity index (χ1) is 7.61. The number of aromatic hydroxyl groups is 1. The number of aromatic nitrogens is 2. The van der Waals surface area contributed by atoms with Crippen molar-refractivity contribution in [1.82, 2.24) is 9.55 Å². The lowest BCUT2D eigenvalue weighted by Gasteiger charge is -2.14. The van der Waals surface area contributed by atoms with Gasteiger partial charge in [0.1, 0.15) is 6.23 Å². The molecule has 1 saturated heterocycles. The Balaban J connectivity index is 2.32. The van der Waals surface area contributed by atoms with Gasteiger partial charge < -0.3 is 14.9 Å². The summed E-state index contributed by atoms with van der Waals surface area (Å²) < 4.78 is 6.47. The summed E-state index contributed by atoms with van der Waals surface area (Å²) in [7, 11) is 0. The van der Waals surface area contributed by atoms with Crippen molar-refractivity contribution in [1.29, 1.82) is 0 Å². The molecule has 1 fully saturated rings. The fourth-order valence-corrected chi connectivity index (χ4v) is 1.71. The topological polar surface area (TPSA) is 105 Å². The van der Waals surface area contributed by atoms with Crippen molar-refractivity contribution in [2.75, 3.05) is 6.61 Å². The van der Waals surface area contributed by atoms with Crippen LogP contribution in [0.1, 0.15) is 19.1 Å². The van der Waals surface area contributed by atoms with Gasteiger partial charge in [-0.05, 0) is 12.8 Å². The fraction of sp³-hybridized carbons (Fsp3) is 0.556. The van der Waals surface area contributed by atoms with E-state index in [0.29, 0.717) is 12.8 Å². The summed E-state index contributed by atoms with van der Waals surface area (Å²) >= 11 is 0. The minimum Gasteiger partial charge on any atom is -0.502 e. The van der Waals surface area contributed by atoms with Gasteiger partial charge in [-0.1, -0.05) is 0 Å². The van der Waals surface area contributed by atoms with E-state index in [1.807, 2.05) is 4.98 Å². The van der Waals surface area contributed by atoms with Crippen LogP contribution in [0.5, 0.6) is 5.75 Å². The molecule has 0 aliphatic carbocycles. The number of aliphatic hydroxyl groups excluding tert-OH is 1. The summed E-state index contributed by atoms with van der Waals surface area (Å²) in [6.07, 6.45) is 1.38. The van der Waals surface area contributed by atoms with Crippen LogP contribution in [-0.2, 0) is 4.74 Å². The maximum absolute atomic E-state index is 11.4. The number of hydrogen-bond donors (Lipinski definition) is 3. The quantitative estimate of drug-likeness (QED) is 0.596. The molecule has 1 aliphatic heterocycles. The minimum absolute atomic E-state index is 0.111. The molecule has 0 amide bonds. The molecular weight excluding hydrogens is 216 g/mol. The molecule has 16 heavy (non-hydrogen) atoms. The third-order valence-electron chi connectivity index (χ3n) is 2.55. The Morgan fingerprint density at radius 1 is 1.50 bits per heavy atom. The number of hydrogen-bond acceptors (Lipinski definition) is 5. The molecule has 2 rings (SSSR count). The lowest BCUT2D eigenvalue weighted by atomic mass is 10.2. The second-order valence-electron chi connectivity index (χ2n) is 3.65. The van der Waals surface area contributed by atoms with Gasteiger partial charge >= 0.3 is 5.69 Å². The van der Waals surface area contributed by atoms with Crippen LogP contribution in [0.4, 0.5) is 0 Å². The molecule has 7 heteroatoms. The van der Waals surface area contributed by atoms with Crippen molar-refractivity contribution >= 4 is 0 Å². The molecule has 0 aromatic carbocycles. The Bertz CT molecular complexity index is 491. The van der Waals surface area contributed by atoms with Gasteiger partial charge in [-0.3, -0.25) is 14.3 Å². The summed E-state index contributed by atoms with van der Waals surface area (Å²) in [4.78, 5) is 24.3. The smallest absolute Gasteiger partial charge is 0.330 e. The fourth-order valence-electron chi connectivity index (χ4n) is 1.71. The molecule has 0 unspecified atom stereocenters. The first-order valence-corrected chi connectivity index (χ1v) is 4.92. The highest BCUT2D eigenvalue weighted by atomic mass is 16.5. The lowest BCUT2D eigenvalue weighted by Crippen LogP contribution is -2.32. The molecule has 0 radical (unpaired) electrons. The zero-order valence-electron chi connectivity index (χ0n) is 8.42. The number of ether oxygens (including phenoxy) is 1. The van der Waals surface area contributed by atoms with Crippen LogP contribution in [0, 0.1) is 0 Å². The van der Waals surface area contributed by atoms with Gasteiger partial charge in [0.15, 0.2) is 5.75 Å². The second kappa shape index (κ2) is 4.11. The summed E-state index contributed by atoms with van der Waals surface area (Å²) in [5.41, 5.74) is -1.45. The van der Waals surface area contributed by atoms with E-state index < -0.39 is 23.2 Å². The molecule has 1 aliphatic rings. The van der Waals surface area contributed by atoms with Crippen molar-refractivity contribution in [3.8, 4) is 5.75 Å². The predicted octanol–water partition coefficient (Wildman–Crippen LogP) is -1.09. The van der Waals surface area contributed by atoms with Gasteiger partial charge in [0.05, 0.1) is 18.9 Å². The molecule has 3 N–H and O–H groups in total. The highest BCUT2D eigenvalue weighted by molar-refractivity contribution is 5.09. The average Bonchev–Trinajstić information content (AvgIpc) is 2.71. The lowest BCUT2D eigenvalue weighted by molar-refractivity contribution is -0.0249. The van der Waals surface area contributed by atoms with Gasteiger partial charge in [0.25, 0.3) is 5.56 Å². The van der Waals surface area contributed by atoms with Crippen LogP contribution in [-0.4, -0.2) is 32.5 Å². The molecule has 1 aromatic heterocycles. The Morgan fingerprint density at radius 2 is 2.25 bits per heavy atom. The van der Waals surface area contributed by atoms with Crippen LogP contribution in [0.3, 0.4) is 0 Å². The molecule has 1 aromatic rings. The van der Waals surface area contributed by atoms with Crippen molar-refractivity contribution < 1.29 is 14.9 Å². The number of H-pyrrole nitrogens is 1. The number of nitrogens with one attached hydrogen (secondary N) is 1. The highest BCUT2D eigenvalue weighted by Gasteiger charge is 2.27. The Labute approximate surface area is 89.9 Å². The largest absolute Gasteiger partial charge is 0.502 e. The van der Waals surface area contributed by atoms with E-state index in [1.165, 1.54) is 0 Å². The zero-order valence-corrected chi connectivity index (χ0v) is 8.42. The van der Waals surface area contributed by atoms with E-state index in [-0.39, 0.29) is 12.7 Å². The number of aromatic amines is 1. The van der Waals surface area contributed by atoms with Crippen molar-refractivity contribution in [3.05, 3.63) is 27.0 Å². The summed E-state index contributed by atoms with van der Waals surface area (Å²) in [6.45, 7) is -0.111. The highest BCUT2D eigenvalue weighted by Crippen LogP contribution is 2.26. The SMILES string of the molecule is O=c1[nH]c(=O)n([C@H]2CC[C@@H](CO)O2)cc1O. The third-order valence-corrected chi connectivity index (χ3v) is 2.55. The Kier molecular flexibility index (Phi) is 2.80. The van der Waals surface area contributed by atoms with E-state index in [1.54, 1.807) is 0 Å². The zero-order chi connectivity index (χ0) is 11.7. The van der Waals surface area contributed by atoms with Crippen molar-refractivity contribution in [3.63, 3.8) is 0 Å².